The predicted molar refractivity (Wildman–Crippen MR) is 95.4 cm³/mol. The summed E-state index contributed by atoms with van der Waals surface area (Å²) in [5.41, 5.74) is 1.96. The molecule has 25 heavy (non-hydrogen) atoms. The number of pyridine rings is 1. The standard InChI is InChI=1S/C20H15N3O2/c21-12-16-8-4-5-9-18(16)22-20(25)17-10-11-19(24)23(14-17)13-15-6-2-1-3-7-15/h1-11,14H,13H2,(H,22,25). The third kappa shape index (κ3) is 3.82. The van der Waals surface area contributed by atoms with Crippen LogP contribution >= 0.6 is 0 Å². The van der Waals surface area contributed by atoms with Crippen molar-refractivity contribution in [1.82, 2.24) is 4.57 Å². The van der Waals surface area contributed by atoms with Gasteiger partial charge in [-0.1, -0.05) is 42.5 Å². The van der Waals surface area contributed by atoms with Gasteiger partial charge in [-0.2, -0.15) is 5.26 Å². The fourth-order valence-corrected chi connectivity index (χ4v) is 2.45. The van der Waals surface area contributed by atoms with E-state index in [1.165, 1.54) is 22.9 Å². The monoisotopic (exact) mass is 329 g/mol. The van der Waals surface area contributed by atoms with Gasteiger partial charge in [0.25, 0.3) is 11.5 Å². The average molecular weight is 329 g/mol. The second kappa shape index (κ2) is 7.28. The number of para-hydroxylation sites is 1. The molecule has 0 radical (unpaired) electrons. The van der Waals surface area contributed by atoms with E-state index in [4.69, 9.17) is 5.26 Å². The Bertz CT molecular complexity index is 1000. The molecule has 3 rings (SSSR count). The molecule has 1 aromatic heterocycles. The number of carbonyl (C=O) groups excluding carboxylic acids is 1. The molecule has 5 nitrogen and oxygen atoms in total. The maximum absolute atomic E-state index is 12.5. The smallest absolute Gasteiger partial charge is 0.257 e. The van der Waals surface area contributed by atoms with Crippen LogP contribution in [0, 0.1) is 11.3 Å². The van der Waals surface area contributed by atoms with E-state index in [9.17, 15) is 9.59 Å². The molecule has 0 fully saturated rings. The van der Waals surface area contributed by atoms with Crippen LogP contribution in [0.15, 0.2) is 77.7 Å². The zero-order valence-corrected chi connectivity index (χ0v) is 13.3. The molecule has 1 heterocycles. The highest BCUT2D eigenvalue weighted by atomic mass is 16.2. The van der Waals surface area contributed by atoms with Crippen LogP contribution in [0.4, 0.5) is 5.69 Å². The van der Waals surface area contributed by atoms with Gasteiger partial charge in [0.1, 0.15) is 6.07 Å². The Morgan fingerprint density at radius 1 is 1.00 bits per heavy atom. The summed E-state index contributed by atoms with van der Waals surface area (Å²) >= 11 is 0. The molecule has 5 heteroatoms. The molecule has 122 valence electrons. The van der Waals surface area contributed by atoms with E-state index in [-0.39, 0.29) is 11.5 Å². The predicted octanol–water partition coefficient (Wildman–Crippen LogP) is 3.02. The number of anilines is 1. The molecule has 0 spiro atoms. The van der Waals surface area contributed by atoms with Gasteiger partial charge in [0.15, 0.2) is 0 Å². The average Bonchev–Trinajstić information content (AvgIpc) is 2.65. The van der Waals surface area contributed by atoms with E-state index in [1.54, 1.807) is 24.3 Å². The van der Waals surface area contributed by atoms with E-state index < -0.39 is 0 Å². The lowest BCUT2D eigenvalue weighted by Gasteiger charge is -2.10. The van der Waals surface area contributed by atoms with E-state index in [2.05, 4.69) is 5.32 Å². The first kappa shape index (κ1) is 16.2. The number of benzene rings is 2. The lowest BCUT2D eigenvalue weighted by Crippen LogP contribution is -2.22. The molecule has 0 aliphatic carbocycles. The Labute approximate surface area is 144 Å². The summed E-state index contributed by atoms with van der Waals surface area (Å²) in [5, 5.41) is 11.8. The summed E-state index contributed by atoms with van der Waals surface area (Å²) < 4.78 is 1.49. The Hall–Kier alpha value is -3.65. The highest BCUT2D eigenvalue weighted by Crippen LogP contribution is 2.14. The SMILES string of the molecule is N#Cc1ccccc1NC(=O)c1ccc(=O)n(Cc2ccccc2)c1. The van der Waals surface area contributed by atoms with Gasteiger partial charge < -0.3 is 9.88 Å². The van der Waals surface area contributed by atoms with Crippen LogP contribution in [0.25, 0.3) is 0 Å². The molecule has 2 aromatic carbocycles. The topological polar surface area (TPSA) is 74.9 Å². The largest absolute Gasteiger partial charge is 0.321 e. The molecule has 0 saturated carbocycles. The Kier molecular flexibility index (Phi) is 4.72. The summed E-state index contributed by atoms with van der Waals surface area (Å²) in [5.74, 6) is -0.371. The number of nitrogens with zero attached hydrogens (tertiary/aromatic N) is 2. The first-order valence-corrected chi connectivity index (χ1v) is 7.72. The first-order chi connectivity index (χ1) is 12.2. The second-order valence-electron chi connectivity index (χ2n) is 5.48. The van der Waals surface area contributed by atoms with Crippen molar-refractivity contribution < 1.29 is 4.79 Å². The third-order valence-electron chi connectivity index (χ3n) is 3.74. The van der Waals surface area contributed by atoms with Gasteiger partial charge in [0, 0.05) is 12.3 Å². The van der Waals surface area contributed by atoms with Crippen molar-refractivity contribution >= 4 is 11.6 Å². The Balaban J connectivity index is 1.85. The van der Waals surface area contributed by atoms with Crippen molar-refractivity contribution in [3.05, 3.63) is 100.0 Å². The Morgan fingerprint density at radius 3 is 2.48 bits per heavy atom. The minimum Gasteiger partial charge on any atom is -0.321 e. The molecule has 0 unspecified atom stereocenters. The minimum atomic E-state index is -0.371. The van der Waals surface area contributed by atoms with Crippen LogP contribution in [0.1, 0.15) is 21.5 Å². The number of carbonyl (C=O) groups is 1. The molecule has 0 aliphatic rings. The number of rotatable bonds is 4. The lowest BCUT2D eigenvalue weighted by molar-refractivity contribution is 0.102. The summed E-state index contributed by atoms with van der Waals surface area (Å²) in [4.78, 5) is 24.5. The van der Waals surface area contributed by atoms with Crippen molar-refractivity contribution in [2.24, 2.45) is 0 Å². The minimum absolute atomic E-state index is 0.183. The van der Waals surface area contributed by atoms with E-state index in [0.29, 0.717) is 23.4 Å². The summed E-state index contributed by atoms with van der Waals surface area (Å²) in [6, 6.07) is 21.2. The number of aromatic nitrogens is 1. The van der Waals surface area contributed by atoms with Crippen LogP contribution in [-0.2, 0) is 6.54 Å². The molecule has 3 aromatic rings. The van der Waals surface area contributed by atoms with Gasteiger partial charge >= 0.3 is 0 Å². The Morgan fingerprint density at radius 2 is 1.72 bits per heavy atom. The van der Waals surface area contributed by atoms with Crippen molar-refractivity contribution in [3.63, 3.8) is 0 Å². The summed E-state index contributed by atoms with van der Waals surface area (Å²) in [6.07, 6.45) is 1.53. The molecule has 0 atom stereocenters. The van der Waals surface area contributed by atoms with E-state index in [1.807, 2.05) is 36.4 Å². The fraction of sp³-hybridized carbons (Fsp3) is 0.0500. The van der Waals surface area contributed by atoms with Crippen LogP contribution < -0.4 is 10.9 Å². The number of hydrogen-bond donors (Lipinski definition) is 1. The second-order valence-corrected chi connectivity index (χ2v) is 5.48. The van der Waals surface area contributed by atoms with Gasteiger partial charge in [-0.3, -0.25) is 9.59 Å². The highest BCUT2D eigenvalue weighted by Gasteiger charge is 2.10. The van der Waals surface area contributed by atoms with Crippen LogP contribution in [0.5, 0.6) is 0 Å². The number of nitriles is 1. The molecule has 1 N–H and O–H groups in total. The fourth-order valence-electron chi connectivity index (χ4n) is 2.45. The molecular formula is C20H15N3O2. The van der Waals surface area contributed by atoms with Gasteiger partial charge in [0.05, 0.1) is 23.4 Å². The molecule has 0 saturated heterocycles. The van der Waals surface area contributed by atoms with Gasteiger partial charge in [-0.15, -0.1) is 0 Å². The summed E-state index contributed by atoms with van der Waals surface area (Å²) in [6.45, 7) is 0.384. The molecule has 0 bridgehead atoms. The highest BCUT2D eigenvalue weighted by molar-refractivity contribution is 6.04. The van der Waals surface area contributed by atoms with Crippen molar-refractivity contribution in [3.8, 4) is 6.07 Å². The van der Waals surface area contributed by atoms with Gasteiger partial charge in [0.2, 0.25) is 0 Å². The zero-order chi connectivity index (χ0) is 17.6. The van der Waals surface area contributed by atoms with E-state index in [0.717, 1.165) is 5.56 Å². The van der Waals surface area contributed by atoms with Gasteiger partial charge in [-0.25, -0.2) is 0 Å². The number of hydrogen-bond acceptors (Lipinski definition) is 3. The third-order valence-corrected chi connectivity index (χ3v) is 3.74. The maximum atomic E-state index is 12.5. The molecule has 0 aliphatic heterocycles. The van der Waals surface area contributed by atoms with Crippen LogP contribution in [-0.4, -0.2) is 10.5 Å². The van der Waals surface area contributed by atoms with Crippen LogP contribution in [0.3, 0.4) is 0 Å². The van der Waals surface area contributed by atoms with Crippen molar-refractivity contribution in [1.29, 1.82) is 5.26 Å². The number of amides is 1. The van der Waals surface area contributed by atoms with E-state index >= 15 is 0 Å². The number of nitrogens with one attached hydrogen (secondary N) is 1. The van der Waals surface area contributed by atoms with Gasteiger partial charge in [-0.05, 0) is 23.8 Å². The van der Waals surface area contributed by atoms with Crippen LogP contribution in [0.2, 0.25) is 0 Å². The molecule has 1 amide bonds. The quantitative estimate of drug-likeness (QED) is 0.799. The molecular weight excluding hydrogens is 314 g/mol. The summed E-state index contributed by atoms with van der Waals surface area (Å²) in [7, 11) is 0. The van der Waals surface area contributed by atoms with Crippen molar-refractivity contribution in [2.75, 3.05) is 5.32 Å². The zero-order valence-electron chi connectivity index (χ0n) is 13.3. The normalized spacial score (nSPS) is 10.0. The first-order valence-electron chi connectivity index (χ1n) is 7.72. The van der Waals surface area contributed by atoms with Crippen molar-refractivity contribution in [2.45, 2.75) is 6.54 Å². The maximum Gasteiger partial charge on any atom is 0.257 e. The lowest BCUT2D eigenvalue weighted by atomic mass is 10.1.